The summed E-state index contributed by atoms with van der Waals surface area (Å²) in [4.78, 5) is 22.9. The standard InChI is InChI=1S/C13H14ClN3O4/c1-3-21-13(20)15-12(19)11(8(2)18)17-16-10-6-4-9(14)5-7-10/h4-7,18H,3H2,1-2H3,(H,15,19,20)/b11-8+,17-16?. The van der Waals surface area contributed by atoms with Crippen LogP contribution in [-0.4, -0.2) is 23.7 Å². The topological polar surface area (TPSA) is 100 Å². The number of ether oxygens (including phenoxy) is 1. The van der Waals surface area contributed by atoms with E-state index in [1.54, 1.807) is 31.2 Å². The van der Waals surface area contributed by atoms with Gasteiger partial charge in [0.05, 0.1) is 12.3 Å². The summed E-state index contributed by atoms with van der Waals surface area (Å²) in [5.41, 5.74) is 0.0417. The number of aliphatic hydroxyl groups excluding tert-OH is 1. The van der Waals surface area contributed by atoms with E-state index in [1.165, 1.54) is 6.92 Å². The molecule has 7 nitrogen and oxygen atoms in total. The van der Waals surface area contributed by atoms with Crippen molar-refractivity contribution in [1.29, 1.82) is 0 Å². The maximum Gasteiger partial charge on any atom is 0.414 e. The Balaban J connectivity index is 2.84. The summed E-state index contributed by atoms with van der Waals surface area (Å²) in [6.45, 7) is 2.96. The third-order valence-corrected chi connectivity index (χ3v) is 2.39. The van der Waals surface area contributed by atoms with Gasteiger partial charge in [0.25, 0.3) is 5.91 Å². The summed E-state index contributed by atoms with van der Waals surface area (Å²) < 4.78 is 4.56. The third kappa shape index (κ3) is 5.62. The number of amides is 2. The number of halogens is 1. The molecule has 2 amide bonds. The molecule has 0 bridgehead atoms. The summed E-state index contributed by atoms with van der Waals surface area (Å²) in [5, 5.41) is 19.3. The zero-order chi connectivity index (χ0) is 15.8. The van der Waals surface area contributed by atoms with Crippen LogP contribution in [0.4, 0.5) is 10.5 Å². The quantitative estimate of drug-likeness (QED) is 0.505. The van der Waals surface area contributed by atoms with E-state index < -0.39 is 17.7 Å². The van der Waals surface area contributed by atoms with Gasteiger partial charge < -0.3 is 9.84 Å². The lowest BCUT2D eigenvalue weighted by atomic mass is 10.3. The van der Waals surface area contributed by atoms with Gasteiger partial charge in [-0.25, -0.2) is 4.79 Å². The van der Waals surface area contributed by atoms with E-state index in [1.807, 2.05) is 5.32 Å². The molecule has 0 atom stereocenters. The van der Waals surface area contributed by atoms with Crippen LogP contribution in [0.2, 0.25) is 5.02 Å². The number of hydrogen-bond donors (Lipinski definition) is 2. The molecular formula is C13H14ClN3O4. The molecule has 1 aromatic carbocycles. The molecule has 0 unspecified atom stereocenters. The largest absolute Gasteiger partial charge is 0.510 e. The van der Waals surface area contributed by atoms with Crippen molar-refractivity contribution in [2.45, 2.75) is 13.8 Å². The Morgan fingerprint density at radius 2 is 1.95 bits per heavy atom. The second kappa shape index (κ2) is 8.01. The van der Waals surface area contributed by atoms with Gasteiger partial charge in [-0.2, -0.15) is 5.11 Å². The Bertz CT molecular complexity index is 578. The first-order chi connectivity index (χ1) is 9.93. The van der Waals surface area contributed by atoms with E-state index in [0.29, 0.717) is 10.7 Å². The maximum atomic E-state index is 11.7. The highest BCUT2D eigenvalue weighted by Gasteiger charge is 2.16. The van der Waals surface area contributed by atoms with Crippen LogP contribution < -0.4 is 5.32 Å². The van der Waals surface area contributed by atoms with Gasteiger partial charge >= 0.3 is 6.09 Å². The van der Waals surface area contributed by atoms with Crippen LogP contribution in [0.1, 0.15) is 13.8 Å². The molecule has 0 heterocycles. The van der Waals surface area contributed by atoms with Crippen LogP contribution in [-0.2, 0) is 9.53 Å². The molecule has 0 aromatic heterocycles. The molecule has 0 aliphatic carbocycles. The number of aliphatic hydroxyl groups is 1. The molecule has 0 saturated carbocycles. The van der Waals surface area contributed by atoms with Crippen LogP contribution in [0.5, 0.6) is 0 Å². The van der Waals surface area contributed by atoms with E-state index in [0.717, 1.165) is 0 Å². The molecule has 21 heavy (non-hydrogen) atoms. The fourth-order valence-corrected chi connectivity index (χ4v) is 1.34. The van der Waals surface area contributed by atoms with E-state index in [-0.39, 0.29) is 12.4 Å². The predicted octanol–water partition coefficient (Wildman–Crippen LogP) is 3.49. The highest BCUT2D eigenvalue weighted by atomic mass is 35.5. The predicted molar refractivity (Wildman–Crippen MR) is 76.5 cm³/mol. The smallest absolute Gasteiger partial charge is 0.414 e. The first kappa shape index (κ1) is 16.6. The molecule has 0 saturated heterocycles. The van der Waals surface area contributed by atoms with Crippen molar-refractivity contribution in [2.24, 2.45) is 10.2 Å². The minimum Gasteiger partial charge on any atom is -0.510 e. The van der Waals surface area contributed by atoms with Crippen LogP contribution in [0.15, 0.2) is 46.0 Å². The monoisotopic (exact) mass is 311 g/mol. The van der Waals surface area contributed by atoms with Crippen LogP contribution in [0, 0.1) is 0 Å². The molecule has 1 aromatic rings. The molecule has 8 heteroatoms. The van der Waals surface area contributed by atoms with Crippen LogP contribution >= 0.6 is 11.6 Å². The van der Waals surface area contributed by atoms with Gasteiger partial charge in [-0.15, -0.1) is 5.11 Å². The Labute approximate surface area is 126 Å². The zero-order valence-corrected chi connectivity index (χ0v) is 12.2. The second-order valence-electron chi connectivity index (χ2n) is 3.79. The fourth-order valence-electron chi connectivity index (χ4n) is 1.22. The van der Waals surface area contributed by atoms with Crippen LogP contribution in [0.25, 0.3) is 0 Å². The summed E-state index contributed by atoms with van der Waals surface area (Å²) in [7, 11) is 0. The summed E-state index contributed by atoms with van der Waals surface area (Å²) in [6.07, 6.45) is -0.928. The summed E-state index contributed by atoms with van der Waals surface area (Å²) in [6, 6.07) is 6.37. The number of benzene rings is 1. The van der Waals surface area contributed by atoms with Gasteiger partial charge in [-0.3, -0.25) is 10.1 Å². The second-order valence-corrected chi connectivity index (χ2v) is 4.22. The number of hydrogen-bond acceptors (Lipinski definition) is 6. The lowest BCUT2D eigenvalue weighted by Crippen LogP contribution is -2.32. The highest BCUT2D eigenvalue weighted by Crippen LogP contribution is 2.18. The third-order valence-electron chi connectivity index (χ3n) is 2.14. The SMILES string of the molecule is CCOC(=O)NC(=O)/C(N=Nc1ccc(Cl)cc1)=C(/C)O. The van der Waals surface area contributed by atoms with Crippen molar-refractivity contribution in [1.82, 2.24) is 5.32 Å². The number of azo groups is 1. The zero-order valence-electron chi connectivity index (χ0n) is 11.5. The Morgan fingerprint density at radius 1 is 1.33 bits per heavy atom. The van der Waals surface area contributed by atoms with Crippen molar-refractivity contribution >= 4 is 29.3 Å². The van der Waals surface area contributed by atoms with Gasteiger partial charge in [0.15, 0.2) is 5.70 Å². The van der Waals surface area contributed by atoms with E-state index in [2.05, 4.69) is 15.0 Å². The van der Waals surface area contributed by atoms with Crippen LogP contribution in [0.3, 0.4) is 0 Å². The van der Waals surface area contributed by atoms with Gasteiger partial charge in [-0.1, -0.05) is 11.6 Å². The number of allylic oxidation sites excluding steroid dienone is 1. The van der Waals surface area contributed by atoms with Crippen molar-refractivity contribution in [3.05, 3.63) is 40.7 Å². The van der Waals surface area contributed by atoms with Crippen molar-refractivity contribution in [3.8, 4) is 0 Å². The average Bonchev–Trinajstić information content (AvgIpc) is 2.40. The molecule has 0 radical (unpaired) electrons. The number of alkyl carbamates (subject to hydrolysis) is 1. The molecule has 1 rings (SSSR count). The number of carbonyl (C=O) groups excluding carboxylic acids is 2. The fraction of sp³-hybridized carbons (Fsp3) is 0.231. The summed E-state index contributed by atoms with van der Waals surface area (Å²) in [5.74, 6) is -1.29. The maximum absolute atomic E-state index is 11.7. The van der Waals surface area contributed by atoms with Gasteiger partial charge in [-0.05, 0) is 38.1 Å². The van der Waals surface area contributed by atoms with Crippen molar-refractivity contribution < 1.29 is 19.4 Å². The molecule has 0 aliphatic heterocycles. The highest BCUT2D eigenvalue weighted by molar-refractivity contribution is 6.30. The molecule has 0 aliphatic rings. The summed E-state index contributed by atoms with van der Waals surface area (Å²) >= 11 is 5.73. The first-order valence-corrected chi connectivity index (χ1v) is 6.37. The van der Waals surface area contributed by atoms with E-state index >= 15 is 0 Å². The lowest BCUT2D eigenvalue weighted by molar-refractivity contribution is -0.117. The van der Waals surface area contributed by atoms with Gasteiger partial charge in [0.1, 0.15) is 5.76 Å². The van der Waals surface area contributed by atoms with E-state index in [9.17, 15) is 14.7 Å². The van der Waals surface area contributed by atoms with Crippen molar-refractivity contribution in [2.75, 3.05) is 6.61 Å². The molecule has 0 spiro atoms. The Hall–Kier alpha value is -2.41. The number of rotatable bonds is 4. The number of imide groups is 1. The lowest BCUT2D eigenvalue weighted by Gasteiger charge is -2.04. The molecule has 112 valence electrons. The normalized spacial score (nSPS) is 12.0. The molecular weight excluding hydrogens is 298 g/mol. The average molecular weight is 312 g/mol. The minimum atomic E-state index is -0.928. The first-order valence-electron chi connectivity index (χ1n) is 5.99. The Morgan fingerprint density at radius 3 is 2.48 bits per heavy atom. The van der Waals surface area contributed by atoms with E-state index in [4.69, 9.17) is 11.6 Å². The Kier molecular flexibility index (Phi) is 6.35. The van der Waals surface area contributed by atoms with Gasteiger partial charge in [0.2, 0.25) is 0 Å². The van der Waals surface area contributed by atoms with Gasteiger partial charge in [0, 0.05) is 5.02 Å². The minimum absolute atomic E-state index is 0.114. The number of nitrogens with one attached hydrogen (secondary N) is 1. The molecule has 0 fully saturated rings. The number of nitrogens with zero attached hydrogens (tertiary/aromatic N) is 2. The van der Waals surface area contributed by atoms with Crippen molar-refractivity contribution in [3.63, 3.8) is 0 Å². The molecule has 2 N–H and O–H groups in total. The number of carbonyl (C=O) groups is 2.